The first-order valence-electron chi connectivity index (χ1n) is 13.0. The molecule has 3 aromatic carbocycles. The summed E-state index contributed by atoms with van der Waals surface area (Å²) in [6.07, 6.45) is -1.78. The highest BCUT2D eigenvalue weighted by Crippen LogP contribution is 2.31. The molecular weight excluding hydrogens is 585 g/mol. The summed E-state index contributed by atoms with van der Waals surface area (Å²) in [5.74, 6) is -0.0755. The van der Waals surface area contributed by atoms with E-state index in [4.69, 9.17) is 52.4 Å². The number of hydrogen-bond donors (Lipinski definition) is 2. The third kappa shape index (κ3) is 10.1. The topological polar surface area (TPSA) is 124 Å². The van der Waals surface area contributed by atoms with Crippen LogP contribution in [-0.2, 0) is 27.5 Å². The molecule has 9 nitrogen and oxygen atoms in total. The van der Waals surface area contributed by atoms with E-state index in [1.807, 2.05) is 48.5 Å². The van der Waals surface area contributed by atoms with Crippen LogP contribution in [0.25, 0.3) is 10.9 Å². The standard InChI is InChI=1S/C26H22ClNO5.C5H9ClO3/c1-17(26(29)30)33-25-19(6-4-7-23(25)27)15-31-21-11-13-22(14-12-21)32-16-20-10-9-18-5-2-3-8-24(18)28-20;1-4(5(7)8)9-3-2-6/h2-14,17H,15-16H2,1H3,(H,29,30);4H,2-3H2,1H3,(H,7,8). The summed E-state index contributed by atoms with van der Waals surface area (Å²) in [6, 6.07) is 24.4. The number of carboxylic acids is 2. The van der Waals surface area contributed by atoms with Crippen molar-refractivity contribution in [3.05, 3.63) is 95.1 Å². The van der Waals surface area contributed by atoms with Crippen molar-refractivity contribution in [1.29, 1.82) is 0 Å². The van der Waals surface area contributed by atoms with Crippen molar-refractivity contribution < 1.29 is 38.7 Å². The average molecular weight is 616 g/mol. The SMILES string of the molecule is CC(OCCCl)C(=O)O.CC(Oc1c(Cl)cccc1COc1ccc(OCc2ccc3ccccc3n2)cc1)C(=O)O. The molecule has 0 fully saturated rings. The quantitative estimate of drug-likeness (QED) is 0.160. The predicted molar refractivity (Wildman–Crippen MR) is 160 cm³/mol. The molecule has 11 heteroatoms. The van der Waals surface area contributed by atoms with Gasteiger partial charge < -0.3 is 29.2 Å². The fourth-order valence-corrected chi connectivity index (χ4v) is 3.79. The van der Waals surface area contributed by atoms with Crippen LogP contribution in [0.15, 0.2) is 78.9 Å². The van der Waals surface area contributed by atoms with Crippen molar-refractivity contribution in [2.24, 2.45) is 0 Å². The normalized spacial score (nSPS) is 12.0. The average Bonchev–Trinajstić information content (AvgIpc) is 2.99. The second-order valence-corrected chi connectivity index (χ2v) is 9.70. The maximum absolute atomic E-state index is 11.1. The number of ether oxygens (including phenoxy) is 4. The molecule has 222 valence electrons. The number of halogens is 2. The van der Waals surface area contributed by atoms with Crippen LogP contribution in [0.3, 0.4) is 0 Å². The summed E-state index contributed by atoms with van der Waals surface area (Å²) in [5.41, 5.74) is 2.43. The van der Waals surface area contributed by atoms with Gasteiger partial charge in [0.15, 0.2) is 12.2 Å². The van der Waals surface area contributed by atoms with Gasteiger partial charge in [0, 0.05) is 16.8 Å². The maximum Gasteiger partial charge on any atom is 0.344 e. The fourth-order valence-electron chi connectivity index (χ4n) is 3.46. The van der Waals surface area contributed by atoms with Gasteiger partial charge in [-0.1, -0.05) is 48.0 Å². The number of rotatable bonds is 13. The van der Waals surface area contributed by atoms with Crippen LogP contribution in [0.1, 0.15) is 25.1 Å². The molecule has 2 unspecified atom stereocenters. The Kier molecular flexibility index (Phi) is 12.7. The number of aromatic nitrogens is 1. The van der Waals surface area contributed by atoms with Crippen LogP contribution in [0.5, 0.6) is 17.2 Å². The molecule has 2 N–H and O–H groups in total. The van der Waals surface area contributed by atoms with Crippen LogP contribution in [0, 0.1) is 0 Å². The Morgan fingerprint density at radius 2 is 1.45 bits per heavy atom. The van der Waals surface area contributed by atoms with Crippen molar-refractivity contribution >= 4 is 46.0 Å². The highest BCUT2D eigenvalue weighted by molar-refractivity contribution is 6.32. The fraction of sp³-hybridized carbons (Fsp3) is 0.258. The lowest BCUT2D eigenvalue weighted by Crippen LogP contribution is -2.23. The Hall–Kier alpha value is -4.05. The largest absolute Gasteiger partial charge is 0.489 e. The molecule has 0 spiro atoms. The van der Waals surface area contributed by atoms with Crippen molar-refractivity contribution in [2.75, 3.05) is 12.5 Å². The summed E-state index contributed by atoms with van der Waals surface area (Å²) < 4.78 is 21.9. The van der Waals surface area contributed by atoms with Crippen LogP contribution < -0.4 is 14.2 Å². The number of carbonyl (C=O) groups is 2. The molecule has 0 aliphatic rings. The molecule has 0 aliphatic carbocycles. The monoisotopic (exact) mass is 615 g/mol. The third-order valence-corrected chi connectivity index (χ3v) is 6.20. The first-order chi connectivity index (χ1) is 20.2. The number of hydrogen-bond acceptors (Lipinski definition) is 7. The van der Waals surface area contributed by atoms with E-state index in [9.17, 15) is 9.59 Å². The summed E-state index contributed by atoms with van der Waals surface area (Å²) in [4.78, 5) is 25.8. The summed E-state index contributed by atoms with van der Waals surface area (Å²) in [6.45, 7) is 3.73. The predicted octanol–water partition coefficient (Wildman–Crippen LogP) is 6.61. The maximum atomic E-state index is 11.1. The number of benzene rings is 3. The van der Waals surface area contributed by atoms with Crippen LogP contribution in [-0.4, -0.2) is 51.8 Å². The number of carboxylic acid groups (broad SMARTS) is 2. The van der Waals surface area contributed by atoms with Crippen LogP contribution in [0.4, 0.5) is 0 Å². The molecule has 1 heterocycles. The van der Waals surface area contributed by atoms with E-state index in [0.717, 1.165) is 16.6 Å². The number of nitrogens with zero attached hydrogens (tertiary/aromatic N) is 1. The van der Waals surface area contributed by atoms with Gasteiger partial charge >= 0.3 is 11.9 Å². The van der Waals surface area contributed by atoms with E-state index in [1.165, 1.54) is 13.8 Å². The van der Waals surface area contributed by atoms with Gasteiger partial charge in [-0.2, -0.15) is 0 Å². The number of para-hydroxylation sites is 2. The minimum Gasteiger partial charge on any atom is -0.489 e. The molecule has 2 atom stereocenters. The molecule has 0 radical (unpaired) electrons. The second kappa shape index (κ2) is 16.4. The lowest BCUT2D eigenvalue weighted by molar-refractivity contribution is -0.148. The van der Waals surface area contributed by atoms with Gasteiger partial charge in [-0.25, -0.2) is 14.6 Å². The van der Waals surface area contributed by atoms with E-state index in [2.05, 4.69) is 4.98 Å². The van der Waals surface area contributed by atoms with Crippen molar-refractivity contribution in [3.63, 3.8) is 0 Å². The van der Waals surface area contributed by atoms with Gasteiger partial charge in [0.1, 0.15) is 30.5 Å². The van der Waals surface area contributed by atoms with Gasteiger partial charge in [0.2, 0.25) is 0 Å². The molecule has 4 aromatic rings. The van der Waals surface area contributed by atoms with Gasteiger partial charge in [-0.05, 0) is 56.3 Å². The van der Waals surface area contributed by atoms with E-state index in [0.29, 0.717) is 40.3 Å². The lowest BCUT2D eigenvalue weighted by Gasteiger charge is -2.16. The minimum absolute atomic E-state index is 0.170. The zero-order chi connectivity index (χ0) is 30.5. The molecule has 4 rings (SSSR count). The summed E-state index contributed by atoms with van der Waals surface area (Å²) in [5, 5.41) is 18.8. The summed E-state index contributed by atoms with van der Waals surface area (Å²) in [7, 11) is 0. The molecule has 0 aliphatic heterocycles. The highest BCUT2D eigenvalue weighted by atomic mass is 35.5. The molecule has 0 bridgehead atoms. The first-order valence-corrected chi connectivity index (χ1v) is 13.9. The molecule has 1 aromatic heterocycles. The van der Waals surface area contributed by atoms with Gasteiger partial charge in [-0.3, -0.25) is 0 Å². The van der Waals surface area contributed by atoms with Crippen molar-refractivity contribution in [3.8, 4) is 17.2 Å². The van der Waals surface area contributed by atoms with Gasteiger partial charge in [0.25, 0.3) is 0 Å². The Morgan fingerprint density at radius 1 is 0.810 bits per heavy atom. The Bertz CT molecular complexity index is 1470. The van der Waals surface area contributed by atoms with Crippen LogP contribution >= 0.6 is 23.2 Å². The van der Waals surface area contributed by atoms with E-state index >= 15 is 0 Å². The third-order valence-electron chi connectivity index (χ3n) is 5.74. The lowest BCUT2D eigenvalue weighted by atomic mass is 10.2. The Morgan fingerprint density at radius 3 is 2.10 bits per heavy atom. The number of pyridine rings is 1. The highest BCUT2D eigenvalue weighted by Gasteiger charge is 2.17. The van der Waals surface area contributed by atoms with Crippen molar-refractivity contribution in [2.45, 2.75) is 39.3 Å². The van der Waals surface area contributed by atoms with E-state index in [1.54, 1.807) is 30.3 Å². The minimum atomic E-state index is -1.07. The Labute approximate surface area is 253 Å². The zero-order valence-corrected chi connectivity index (χ0v) is 24.5. The van der Waals surface area contributed by atoms with E-state index < -0.39 is 24.1 Å². The van der Waals surface area contributed by atoms with Gasteiger partial charge in [0.05, 0.1) is 22.8 Å². The summed E-state index contributed by atoms with van der Waals surface area (Å²) >= 11 is 11.4. The molecule has 42 heavy (non-hydrogen) atoms. The second-order valence-electron chi connectivity index (χ2n) is 8.91. The molecule has 0 amide bonds. The smallest absolute Gasteiger partial charge is 0.344 e. The van der Waals surface area contributed by atoms with Crippen molar-refractivity contribution in [1.82, 2.24) is 4.98 Å². The van der Waals surface area contributed by atoms with Crippen LogP contribution in [0.2, 0.25) is 5.02 Å². The number of alkyl halides is 1. The number of aliphatic carboxylic acids is 2. The van der Waals surface area contributed by atoms with Gasteiger partial charge in [-0.15, -0.1) is 11.6 Å². The molecule has 0 saturated carbocycles. The Balaban J connectivity index is 0.000000467. The van der Waals surface area contributed by atoms with E-state index in [-0.39, 0.29) is 13.2 Å². The molecule has 0 saturated heterocycles. The first kappa shape index (κ1) is 32.5. The molecular formula is C31H31Cl2NO8. The zero-order valence-electron chi connectivity index (χ0n) is 23.0. The number of fused-ring (bicyclic) bond motifs is 1.